The van der Waals surface area contributed by atoms with E-state index in [9.17, 15) is 9.59 Å². The second-order valence-corrected chi connectivity index (χ2v) is 3.45. The van der Waals surface area contributed by atoms with Crippen LogP contribution in [0.3, 0.4) is 0 Å². The zero-order valence-electron chi connectivity index (χ0n) is 7.16. The number of carboxylic acids is 1. The van der Waals surface area contributed by atoms with Gasteiger partial charge in [-0.15, -0.1) is 11.8 Å². The number of hydrogen-bond acceptors (Lipinski definition) is 4. The molecule has 0 amide bonds. The first-order valence-corrected chi connectivity index (χ1v) is 4.82. The topological polar surface area (TPSA) is 66.4 Å². The van der Waals surface area contributed by atoms with Gasteiger partial charge in [-0.05, 0) is 13.2 Å². The van der Waals surface area contributed by atoms with E-state index >= 15 is 0 Å². The van der Waals surface area contributed by atoms with Crippen molar-refractivity contribution in [1.29, 1.82) is 0 Å². The minimum Gasteiger partial charge on any atom is -0.481 e. The summed E-state index contributed by atoms with van der Waals surface area (Å²) in [5.41, 5.74) is 0. The molecule has 0 aromatic heterocycles. The predicted octanol–water partition coefficient (Wildman–Crippen LogP) is 0.329. The average Bonchev–Trinajstić information content (AvgIpc) is 1.97. The molecule has 0 bridgehead atoms. The predicted molar refractivity (Wildman–Crippen MR) is 48.2 cm³/mol. The Morgan fingerprint density at radius 2 is 2.17 bits per heavy atom. The van der Waals surface area contributed by atoms with Crippen LogP contribution in [0.2, 0.25) is 0 Å². The Morgan fingerprint density at radius 1 is 1.58 bits per heavy atom. The Bertz CT molecular complexity index is 172. The van der Waals surface area contributed by atoms with Gasteiger partial charge in [-0.2, -0.15) is 0 Å². The van der Waals surface area contributed by atoms with E-state index in [0.29, 0.717) is 0 Å². The molecule has 0 aliphatic rings. The summed E-state index contributed by atoms with van der Waals surface area (Å²) in [7, 11) is 0. The zero-order chi connectivity index (χ0) is 9.56. The number of carboxylic acid groups (broad SMARTS) is 1. The summed E-state index contributed by atoms with van der Waals surface area (Å²) in [6.45, 7) is 1.70. The second kappa shape index (κ2) is 6.02. The average molecular weight is 191 g/mol. The third kappa shape index (κ3) is 6.18. The minimum absolute atomic E-state index is 0.0134. The maximum atomic E-state index is 10.5. The maximum Gasteiger partial charge on any atom is 0.305 e. The highest BCUT2D eigenvalue weighted by molar-refractivity contribution is 7.99. The molecule has 5 heteroatoms. The van der Waals surface area contributed by atoms with E-state index in [-0.39, 0.29) is 24.1 Å². The van der Waals surface area contributed by atoms with Crippen molar-refractivity contribution in [2.24, 2.45) is 0 Å². The lowest BCUT2D eigenvalue weighted by molar-refractivity contribution is -0.137. The highest BCUT2D eigenvalue weighted by atomic mass is 32.2. The lowest BCUT2D eigenvalue weighted by atomic mass is 10.4. The molecule has 70 valence electrons. The highest BCUT2D eigenvalue weighted by Gasteiger charge is 2.10. The normalized spacial score (nSPS) is 12.5. The van der Waals surface area contributed by atoms with E-state index in [1.54, 1.807) is 6.26 Å². The standard InChI is InChI=1S/C7H13NO3S/c1-5(9)4-8-6(12-2)3-7(10)11/h6,8H,3-4H2,1-2H3,(H,10,11). The molecule has 0 heterocycles. The SMILES string of the molecule is CSC(CC(=O)O)NCC(C)=O. The number of Topliss-reactive ketones (excluding diaryl/α,β-unsaturated/α-hetero) is 1. The van der Waals surface area contributed by atoms with Gasteiger partial charge < -0.3 is 5.11 Å². The van der Waals surface area contributed by atoms with Gasteiger partial charge in [0, 0.05) is 0 Å². The summed E-state index contributed by atoms with van der Waals surface area (Å²) in [6, 6.07) is 0. The van der Waals surface area contributed by atoms with Crippen LogP contribution < -0.4 is 5.32 Å². The van der Waals surface area contributed by atoms with E-state index in [0.717, 1.165) is 0 Å². The molecule has 0 rings (SSSR count). The van der Waals surface area contributed by atoms with Crippen molar-refractivity contribution in [3.63, 3.8) is 0 Å². The second-order valence-electron chi connectivity index (χ2n) is 2.41. The molecule has 0 saturated carbocycles. The third-order valence-corrected chi connectivity index (χ3v) is 2.13. The number of carbonyl (C=O) groups is 2. The van der Waals surface area contributed by atoms with Gasteiger partial charge in [0.25, 0.3) is 0 Å². The summed E-state index contributed by atoms with van der Waals surface area (Å²) in [5.74, 6) is -0.843. The van der Waals surface area contributed by atoms with Crippen molar-refractivity contribution in [1.82, 2.24) is 5.32 Å². The Labute approximate surface area is 75.7 Å². The molecule has 0 fully saturated rings. The van der Waals surface area contributed by atoms with Crippen LogP contribution in [-0.4, -0.2) is 35.0 Å². The molecule has 0 spiro atoms. The van der Waals surface area contributed by atoms with Crippen LogP contribution in [0.1, 0.15) is 13.3 Å². The number of aliphatic carboxylic acids is 1. The van der Waals surface area contributed by atoms with Crippen LogP contribution in [-0.2, 0) is 9.59 Å². The van der Waals surface area contributed by atoms with Gasteiger partial charge in [0.1, 0.15) is 5.78 Å². The van der Waals surface area contributed by atoms with Crippen molar-refractivity contribution in [2.45, 2.75) is 18.7 Å². The van der Waals surface area contributed by atoms with Gasteiger partial charge in [-0.1, -0.05) is 0 Å². The quantitative estimate of drug-likeness (QED) is 0.592. The molecule has 0 saturated heterocycles. The minimum atomic E-state index is -0.856. The van der Waals surface area contributed by atoms with Crippen LogP contribution >= 0.6 is 11.8 Å². The molecular weight excluding hydrogens is 178 g/mol. The summed E-state index contributed by atoms with van der Waals surface area (Å²) < 4.78 is 0. The smallest absolute Gasteiger partial charge is 0.305 e. The number of nitrogens with one attached hydrogen (secondary N) is 1. The fourth-order valence-corrected chi connectivity index (χ4v) is 1.21. The van der Waals surface area contributed by atoms with Crippen molar-refractivity contribution >= 4 is 23.5 Å². The first kappa shape index (κ1) is 11.4. The zero-order valence-corrected chi connectivity index (χ0v) is 7.98. The summed E-state index contributed by atoms with van der Waals surface area (Å²) in [6.07, 6.45) is 1.84. The van der Waals surface area contributed by atoms with Gasteiger partial charge in [0.15, 0.2) is 0 Å². The highest BCUT2D eigenvalue weighted by Crippen LogP contribution is 2.06. The van der Waals surface area contributed by atoms with Crippen LogP contribution in [0.25, 0.3) is 0 Å². The molecular formula is C7H13NO3S. The summed E-state index contributed by atoms with van der Waals surface area (Å²) >= 11 is 1.40. The molecule has 0 aromatic carbocycles. The first-order valence-electron chi connectivity index (χ1n) is 3.53. The van der Waals surface area contributed by atoms with E-state index in [2.05, 4.69) is 5.32 Å². The molecule has 0 aromatic rings. The van der Waals surface area contributed by atoms with Crippen LogP contribution in [0, 0.1) is 0 Å². The van der Waals surface area contributed by atoms with E-state index in [1.807, 2.05) is 0 Å². The molecule has 12 heavy (non-hydrogen) atoms. The molecule has 2 N–H and O–H groups in total. The molecule has 0 radical (unpaired) electrons. The number of rotatable bonds is 6. The lowest BCUT2D eigenvalue weighted by Gasteiger charge is -2.12. The number of ketones is 1. The van der Waals surface area contributed by atoms with Gasteiger partial charge in [-0.3, -0.25) is 14.9 Å². The molecule has 0 aliphatic heterocycles. The number of carbonyl (C=O) groups excluding carboxylic acids is 1. The fourth-order valence-electron chi connectivity index (χ4n) is 0.655. The Kier molecular flexibility index (Phi) is 5.74. The fraction of sp³-hybridized carbons (Fsp3) is 0.714. The summed E-state index contributed by atoms with van der Waals surface area (Å²) in [5, 5.41) is 11.1. The van der Waals surface area contributed by atoms with Crippen LogP contribution in [0.15, 0.2) is 0 Å². The van der Waals surface area contributed by atoms with Gasteiger partial charge in [0.05, 0.1) is 18.3 Å². The third-order valence-electron chi connectivity index (χ3n) is 1.22. The van der Waals surface area contributed by atoms with E-state index in [4.69, 9.17) is 5.11 Å². The van der Waals surface area contributed by atoms with Crippen molar-refractivity contribution in [2.75, 3.05) is 12.8 Å². The monoisotopic (exact) mass is 191 g/mol. The lowest BCUT2D eigenvalue weighted by Crippen LogP contribution is -2.32. The van der Waals surface area contributed by atoms with Gasteiger partial charge >= 0.3 is 5.97 Å². The Hall–Kier alpha value is -0.550. The molecule has 1 unspecified atom stereocenters. The molecule has 1 atom stereocenters. The Balaban J connectivity index is 3.67. The van der Waals surface area contributed by atoms with Crippen LogP contribution in [0.4, 0.5) is 0 Å². The van der Waals surface area contributed by atoms with Crippen molar-refractivity contribution in [3.8, 4) is 0 Å². The van der Waals surface area contributed by atoms with Crippen molar-refractivity contribution < 1.29 is 14.7 Å². The number of hydrogen-bond donors (Lipinski definition) is 2. The summed E-state index contributed by atoms with van der Waals surface area (Å²) in [4.78, 5) is 20.8. The maximum absolute atomic E-state index is 10.5. The van der Waals surface area contributed by atoms with E-state index in [1.165, 1.54) is 18.7 Å². The van der Waals surface area contributed by atoms with Crippen molar-refractivity contribution in [3.05, 3.63) is 0 Å². The largest absolute Gasteiger partial charge is 0.481 e. The van der Waals surface area contributed by atoms with Crippen LogP contribution in [0.5, 0.6) is 0 Å². The van der Waals surface area contributed by atoms with Gasteiger partial charge in [-0.25, -0.2) is 0 Å². The molecule has 4 nitrogen and oxygen atoms in total. The Morgan fingerprint density at radius 3 is 2.50 bits per heavy atom. The van der Waals surface area contributed by atoms with Gasteiger partial charge in [0.2, 0.25) is 0 Å². The number of thioether (sulfide) groups is 1. The van der Waals surface area contributed by atoms with E-state index < -0.39 is 5.97 Å². The first-order chi connectivity index (χ1) is 5.56. The molecule has 0 aliphatic carbocycles.